The van der Waals surface area contributed by atoms with Crippen LogP contribution in [0.25, 0.3) is 0 Å². The maximum absolute atomic E-state index is 14.0. The summed E-state index contributed by atoms with van der Waals surface area (Å²) in [6.45, 7) is 8.33. The summed E-state index contributed by atoms with van der Waals surface area (Å²) in [5.74, 6) is -1.07. The van der Waals surface area contributed by atoms with E-state index in [2.05, 4.69) is 37.9 Å². The van der Waals surface area contributed by atoms with Crippen LogP contribution in [0.15, 0.2) is 105 Å². The number of thioether (sulfide) groups is 2. The van der Waals surface area contributed by atoms with Gasteiger partial charge in [0.05, 0.1) is 33.6 Å². The van der Waals surface area contributed by atoms with Crippen LogP contribution < -0.4 is 0 Å². The molecule has 2 N–H and O–H groups in total. The zero-order valence-corrected chi connectivity index (χ0v) is 28.9. The van der Waals surface area contributed by atoms with Crippen LogP contribution in [0.2, 0.25) is 0 Å². The number of ketones is 2. The first-order chi connectivity index (χ1) is 23.0. The fraction of sp³-hybridized carbons (Fsp3) is 0.263. The molecular weight excluding hydrogens is 645 g/mol. The summed E-state index contributed by atoms with van der Waals surface area (Å²) in [6.07, 6.45) is 1.67. The van der Waals surface area contributed by atoms with E-state index < -0.39 is 11.9 Å². The Kier molecular flexibility index (Phi) is 12.9. The van der Waals surface area contributed by atoms with Gasteiger partial charge in [0, 0.05) is 20.9 Å². The third kappa shape index (κ3) is 9.51. The molecule has 0 spiro atoms. The first kappa shape index (κ1) is 36.3. The van der Waals surface area contributed by atoms with Crippen molar-refractivity contribution in [1.82, 2.24) is 0 Å². The molecule has 4 aromatic rings. The van der Waals surface area contributed by atoms with Crippen molar-refractivity contribution in [2.24, 2.45) is 22.1 Å². The second kappa shape index (κ2) is 17.0. The quantitative estimate of drug-likeness (QED) is 0.0677. The van der Waals surface area contributed by atoms with E-state index in [0.717, 1.165) is 12.8 Å². The summed E-state index contributed by atoms with van der Waals surface area (Å²) in [7, 11) is 0. The summed E-state index contributed by atoms with van der Waals surface area (Å²) in [6, 6.07) is 22.7. The molecule has 4 aromatic carbocycles. The Morgan fingerprint density at radius 3 is 1.23 bits per heavy atom. The normalized spacial score (nSPS) is 11.4. The summed E-state index contributed by atoms with van der Waals surface area (Å²) >= 11 is 2.74. The van der Waals surface area contributed by atoms with E-state index in [4.69, 9.17) is 0 Å². The molecule has 48 heavy (non-hydrogen) atoms. The Morgan fingerprint density at radius 2 is 0.917 bits per heavy atom. The molecular formula is C38H38N2O6S2. The van der Waals surface area contributed by atoms with Crippen molar-refractivity contribution >= 4 is 58.4 Å². The lowest BCUT2D eigenvalue weighted by Crippen LogP contribution is -2.07. The van der Waals surface area contributed by atoms with Gasteiger partial charge in [0.25, 0.3) is 0 Å². The molecule has 10 heteroatoms. The predicted molar refractivity (Wildman–Crippen MR) is 191 cm³/mol. The van der Waals surface area contributed by atoms with Gasteiger partial charge in [-0.05, 0) is 60.4 Å². The minimum absolute atomic E-state index is 0.00338. The van der Waals surface area contributed by atoms with Crippen molar-refractivity contribution < 1.29 is 29.4 Å². The minimum Gasteiger partial charge on any atom is -0.478 e. The van der Waals surface area contributed by atoms with Crippen molar-refractivity contribution in [2.45, 2.75) is 50.3 Å². The van der Waals surface area contributed by atoms with Crippen LogP contribution >= 0.6 is 23.5 Å². The first-order valence-electron chi connectivity index (χ1n) is 15.7. The van der Waals surface area contributed by atoms with Crippen LogP contribution in [0.1, 0.15) is 93.1 Å². The first-order valence-corrected chi connectivity index (χ1v) is 17.6. The number of hydrogen-bond donors (Lipinski definition) is 2. The van der Waals surface area contributed by atoms with Crippen LogP contribution in [0.4, 0.5) is 11.4 Å². The molecule has 0 saturated carbocycles. The number of rotatable bonds is 16. The zero-order valence-electron chi connectivity index (χ0n) is 27.3. The van der Waals surface area contributed by atoms with E-state index in [0.29, 0.717) is 44.3 Å². The SMILES string of the molecule is CC(C)CCSc1cc(C(=O)O)cc(N=Nc2cc(C(=O)O)cc(SCCC(C)C)c2C(=O)c2ccccc2)c1C(=O)c1ccccc1. The number of benzene rings is 4. The van der Waals surface area contributed by atoms with Crippen molar-refractivity contribution in [3.05, 3.63) is 118 Å². The molecule has 0 amide bonds. The Bertz CT molecular complexity index is 1690. The third-order valence-electron chi connectivity index (χ3n) is 7.35. The highest BCUT2D eigenvalue weighted by molar-refractivity contribution is 7.99. The van der Waals surface area contributed by atoms with Crippen LogP contribution in [-0.4, -0.2) is 45.2 Å². The molecule has 248 valence electrons. The van der Waals surface area contributed by atoms with Gasteiger partial charge < -0.3 is 10.2 Å². The maximum atomic E-state index is 14.0. The van der Waals surface area contributed by atoms with E-state index in [1.165, 1.54) is 47.8 Å². The van der Waals surface area contributed by atoms with Crippen molar-refractivity contribution in [3.63, 3.8) is 0 Å². The van der Waals surface area contributed by atoms with Gasteiger partial charge in [0.15, 0.2) is 11.6 Å². The predicted octanol–water partition coefficient (Wildman–Crippen LogP) is 10.2. The Labute approximate surface area is 289 Å². The topological polar surface area (TPSA) is 133 Å². The zero-order chi connectivity index (χ0) is 34.8. The second-order valence-electron chi connectivity index (χ2n) is 12.0. The molecule has 0 bridgehead atoms. The number of hydrogen-bond acceptors (Lipinski definition) is 8. The van der Waals surface area contributed by atoms with E-state index in [-0.39, 0.29) is 45.2 Å². The highest BCUT2D eigenvalue weighted by Gasteiger charge is 2.25. The van der Waals surface area contributed by atoms with Gasteiger partial charge in [-0.15, -0.1) is 33.8 Å². The fourth-order valence-electron chi connectivity index (χ4n) is 4.67. The molecule has 0 fully saturated rings. The molecule has 8 nitrogen and oxygen atoms in total. The van der Waals surface area contributed by atoms with Gasteiger partial charge in [-0.1, -0.05) is 88.4 Å². The minimum atomic E-state index is -1.20. The van der Waals surface area contributed by atoms with Crippen LogP contribution in [0, 0.1) is 11.8 Å². The van der Waals surface area contributed by atoms with Gasteiger partial charge >= 0.3 is 11.9 Å². The van der Waals surface area contributed by atoms with Gasteiger partial charge in [-0.25, -0.2) is 9.59 Å². The Balaban J connectivity index is 1.96. The number of carbonyl (C=O) groups excluding carboxylic acids is 2. The summed E-state index contributed by atoms with van der Waals surface area (Å²) in [5.41, 5.74) is 0.989. The highest BCUT2D eigenvalue weighted by atomic mass is 32.2. The smallest absolute Gasteiger partial charge is 0.335 e. The maximum Gasteiger partial charge on any atom is 0.335 e. The molecule has 0 radical (unpaired) electrons. The summed E-state index contributed by atoms with van der Waals surface area (Å²) in [5, 5.41) is 28.9. The van der Waals surface area contributed by atoms with Crippen molar-refractivity contribution in [2.75, 3.05) is 11.5 Å². The third-order valence-corrected chi connectivity index (χ3v) is 9.50. The van der Waals surface area contributed by atoms with Crippen LogP contribution in [0.5, 0.6) is 0 Å². The molecule has 0 heterocycles. The summed E-state index contributed by atoms with van der Waals surface area (Å²) in [4.78, 5) is 53.4. The molecule has 0 aliphatic heterocycles. The molecule has 0 aliphatic rings. The second-order valence-corrected chi connectivity index (χ2v) is 14.3. The lowest BCUT2D eigenvalue weighted by atomic mass is 9.99. The molecule has 0 saturated heterocycles. The molecule has 0 aromatic heterocycles. The van der Waals surface area contributed by atoms with Crippen LogP contribution in [0.3, 0.4) is 0 Å². The average molecular weight is 683 g/mol. The van der Waals surface area contributed by atoms with Crippen molar-refractivity contribution in [1.29, 1.82) is 0 Å². The van der Waals surface area contributed by atoms with Crippen LogP contribution in [-0.2, 0) is 0 Å². The van der Waals surface area contributed by atoms with E-state index in [1.54, 1.807) is 60.7 Å². The summed E-state index contributed by atoms with van der Waals surface area (Å²) < 4.78 is 0. The van der Waals surface area contributed by atoms with E-state index in [9.17, 15) is 29.4 Å². The Hall–Kier alpha value is -4.54. The number of carboxylic acid groups (broad SMARTS) is 2. The average Bonchev–Trinajstić information content (AvgIpc) is 3.06. The van der Waals surface area contributed by atoms with Gasteiger partial charge in [-0.3, -0.25) is 9.59 Å². The molecule has 0 aliphatic carbocycles. The highest BCUT2D eigenvalue weighted by Crippen LogP contribution is 2.39. The number of carbonyl (C=O) groups is 4. The van der Waals surface area contributed by atoms with Gasteiger partial charge in [-0.2, -0.15) is 0 Å². The monoisotopic (exact) mass is 682 g/mol. The molecule has 4 rings (SSSR count). The van der Waals surface area contributed by atoms with E-state index >= 15 is 0 Å². The lowest BCUT2D eigenvalue weighted by molar-refractivity contribution is 0.0685. The fourth-order valence-corrected chi connectivity index (χ4v) is 7.40. The number of aromatic carboxylic acids is 2. The number of carboxylic acids is 2. The standard InChI is InChI=1S/C38H38N2O6S2/c1-23(2)15-17-47-31-21-27(37(43)44)19-29(33(31)35(41)25-11-7-5-8-12-25)39-40-30-20-28(38(45)46)22-32(48-18-16-24(3)4)34(30)36(42)26-13-9-6-10-14-26/h5-14,19-24H,15-18H2,1-4H3,(H,43,44)(H,45,46). The molecule has 0 atom stereocenters. The van der Waals surface area contributed by atoms with Crippen molar-refractivity contribution in [3.8, 4) is 0 Å². The number of nitrogens with zero attached hydrogens (tertiary/aromatic N) is 2. The molecule has 0 unspecified atom stereocenters. The number of azo groups is 1. The van der Waals surface area contributed by atoms with Gasteiger partial charge in [0.2, 0.25) is 0 Å². The van der Waals surface area contributed by atoms with Gasteiger partial charge in [0.1, 0.15) is 0 Å². The Morgan fingerprint density at radius 1 is 0.562 bits per heavy atom. The lowest BCUT2D eigenvalue weighted by Gasteiger charge is -2.15. The van der Waals surface area contributed by atoms with E-state index in [1.807, 2.05) is 0 Å². The largest absolute Gasteiger partial charge is 0.478 e.